The van der Waals surface area contributed by atoms with E-state index >= 15 is 0 Å². The van der Waals surface area contributed by atoms with E-state index in [1.165, 1.54) is 4.90 Å². The largest absolute Gasteiger partial charge is 0.465 e. The Bertz CT molecular complexity index is 604. The van der Waals surface area contributed by atoms with Gasteiger partial charge in [0.1, 0.15) is 6.54 Å². The van der Waals surface area contributed by atoms with Crippen LogP contribution in [0.1, 0.15) is 17.3 Å². The van der Waals surface area contributed by atoms with E-state index in [9.17, 15) is 9.59 Å². The molecule has 0 bridgehead atoms. The number of rotatable bonds is 4. The Hall–Kier alpha value is -2.30. The van der Waals surface area contributed by atoms with Crippen molar-refractivity contribution in [3.8, 4) is 0 Å². The van der Waals surface area contributed by atoms with Crippen molar-refractivity contribution in [1.82, 2.24) is 9.88 Å². The number of carbonyl (C=O) groups is 2. The number of ether oxygens (including phenoxy) is 1. The molecular formula is C14H16N2O3. The zero-order valence-corrected chi connectivity index (χ0v) is 11.0. The van der Waals surface area contributed by atoms with E-state index in [1.807, 2.05) is 24.3 Å². The highest BCUT2D eigenvalue weighted by Gasteiger charge is 2.18. The first-order valence-corrected chi connectivity index (χ1v) is 6.10. The van der Waals surface area contributed by atoms with Crippen LogP contribution in [-0.4, -0.2) is 42.0 Å². The molecule has 5 nitrogen and oxygen atoms in total. The molecule has 0 aliphatic heterocycles. The highest BCUT2D eigenvalue weighted by molar-refractivity contribution is 6.07. The minimum absolute atomic E-state index is 0.0494. The molecule has 19 heavy (non-hydrogen) atoms. The van der Waals surface area contributed by atoms with E-state index in [0.717, 1.165) is 10.9 Å². The van der Waals surface area contributed by atoms with Gasteiger partial charge in [0.2, 0.25) is 0 Å². The molecule has 0 aliphatic rings. The summed E-state index contributed by atoms with van der Waals surface area (Å²) in [6, 6.07) is 7.54. The van der Waals surface area contributed by atoms with E-state index < -0.39 is 5.97 Å². The lowest BCUT2D eigenvalue weighted by atomic mass is 10.1. The van der Waals surface area contributed by atoms with Crippen molar-refractivity contribution in [3.05, 3.63) is 36.0 Å². The number of nitrogens with zero attached hydrogens (tertiary/aromatic N) is 1. The number of esters is 1. The number of hydrogen-bond donors (Lipinski definition) is 1. The van der Waals surface area contributed by atoms with Gasteiger partial charge in [0.15, 0.2) is 0 Å². The van der Waals surface area contributed by atoms with Gasteiger partial charge in [-0.3, -0.25) is 9.59 Å². The van der Waals surface area contributed by atoms with Gasteiger partial charge in [-0.25, -0.2) is 0 Å². The number of aromatic nitrogens is 1. The van der Waals surface area contributed by atoms with E-state index in [-0.39, 0.29) is 12.5 Å². The number of aromatic amines is 1. The second kappa shape index (κ2) is 5.56. The lowest BCUT2D eigenvalue weighted by molar-refractivity contribution is -0.143. The van der Waals surface area contributed by atoms with Gasteiger partial charge in [-0.05, 0) is 13.0 Å². The monoisotopic (exact) mass is 260 g/mol. The smallest absolute Gasteiger partial charge is 0.325 e. The lowest BCUT2D eigenvalue weighted by Crippen LogP contribution is -2.32. The summed E-state index contributed by atoms with van der Waals surface area (Å²) < 4.78 is 4.83. The summed E-state index contributed by atoms with van der Waals surface area (Å²) in [4.78, 5) is 28.0. The average Bonchev–Trinajstić information content (AvgIpc) is 2.81. The minimum Gasteiger partial charge on any atom is -0.465 e. The van der Waals surface area contributed by atoms with E-state index in [0.29, 0.717) is 12.2 Å². The van der Waals surface area contributed by atoms with Crippen molar-refractivity contribution in [2.24, 2.45) is 0 Å². The van der Waals surface area contributed by atoms with Crippen molar-refractivity contribution in [1.29, 1.82) is 0 Å². The first-order valence-electron chi connectivity index (χ1n) is 6.10. The van der Waals surface area contributed by atoms with Crippen LogP contribution in [-0.2, 0) is 9.53 Å². The maximum atomic E-state index is 12.3. The van der Waals surface area contributed by atoms with Gasteiger partial charge in [-0.15, -0.1) is 0 Å². The Morgan fingerprint density at radius 2 is 2.05 bits per heavy atom. The molecule has 2 aromatic rings. The summed E-state index contributed by atoms with van der Waals surface area (Å²) in [5.74, 6) is -0.608. The number of carbonyl (C=O) groups excluding carboxylic acids is 2. The molecule has 0 atom stereocenters. The molecule has 0 radical (unpaired) electrons. The van der Waals surface area contributed by atoms with Crippen molar-refractivity contribution >= 4 is 22.8 Å². The second-order valence-corrected chi connectivity index (χ2v) is 4.21. The van der Waals surface area contributed by atoms with Gasteiger partial charge in [-0.2, -0.15) is 0 Å². The number of para-hydroxylation sites is 1. The molecule has 1 amide bonds. The van der Waals surface area contributed by atoms with E-state index in [4.69, 9.17) is 4.74 Å². The first-order chi connectivity index (χ1) is 9.13. The topological polar surface area (TPSA) is 62.4 Å². The first kappa shape index (κ1) is 13.1. The molecule has 0 fully saturated rings. The molecule has 100 valence electrons. The molecule has 0 unspecified atom stereocenters. The molecule has 0 aliphatic carbocycles. The number of hydrogen-bond acceptors (Lipinski definition) is 3. The van der Waals surface area contributed by atoms with Gasteiger partial charge >= 0.3 is 5.97 Å². The molecule has 1 aromatic carbocycles. The number of fused-ring (bicyclic) bond motifs is 1. The zero-order chi connectivity index (χ0) is 13.8. The normalized spacial score (nSPS) is 10.4. The predicted octanol–water partition coefficient (Wildman–Crippen LogP) is 1.80. The molecule has 1 heterocycles. The highest BCUT2D eigenvalue weighted by atomic mass is 16.5. The van der Waals surface area contributed by atoms with Gasteiger partial charge in [-0.1, -0.05) is 18.2 Å². The van der Waals surface area contributed by atoms with E-state index in [1.54, 1.807) is 20.2 Å². The van der Waals surface area contributed by atoms with Crippen LogP contribution >= 0.6 is 0 Å². The fraction of sp³-hybridized carbons (Fsp3) is 0.286. The van der Waals surface area contributed by atoms with Gasteiger partial charge < -0.3 is 14.6 Å². The Morgan fingerprint density at radius 1 is 1.32 bits per heavy atom. The van der Waals surface area contributed by atoms with Crippen molar-refractivity contribution in [3.63, 3.8) is 0 Å². The summed E-state index contributed by atoms with van der Waals surface area (Å²) in [6.07, 6.45) is 1.66. The Balaban J connectivity index is 2.17. The SMILES string of the molecule is CCOC(=O)CN(C)C(=O)c1c[nH]c2ccccc12. The number of likely N-dealkylation sites (N-methyl/N-ethyl adjacent to an activating group) is 1. The molecule has 0 saturated carbocycles. The Kier molecular flexibility index (Phi) is 3.85. The molecule has 1 aromatic heterocycles. The van der Waals surface area contributed by atoms with Gasteiger partial charge in [0.25, 0.3) is 5.91 Å². The van der Waals surface area contributed by atoms with Crippen molar-refractivity contribution in [2.75, 3.05) is 20.2 Å². The fourth-order valence-corrected chi connectivity index (χ4v) is 1.93. The quantitative estimate of drug-likeness (QED) is 0.853. The third-order valence-electron chi connectivity index (χ3n) is 2.84. The van der Waals surface area contributed by atoms with Crippen LogP contribution in [0.3, 0.4) is 0 Å². The third-order valence-corrected chi connectivity index (χ3v) is 2.84. The molecule has 5 heteroatoms. The van der Waals surface area contributed by atoms with Crippen LogP contribution in [0.5, 0.6) is 0 Å². The van der Waals surface area contributed by atoms with Crippen LogP contribution in [0.4, 0.5) is 0 Å². The van der Waals surface area contributed by atoms with Crippen LogP contribution in [0.2, 0.25) is 0 Å². The summed E-state index contributed by atoms with van der Waals surface area (Å²) in [5.41, 5.74) is 1.46. The second-order valence-electron chi connectivity index (χ2n) is 4.21. The Morgan fingerprint density at radius 3 is 2.79 bits per heavy atom. The third kappa shape index (κ3) is 2.76. The van der Waals surface area contributed by atoms with Crippen molar-refractivity contribution in [2.45, 2.75) is 6.92 Å². The molecule has 0 spiro atoms. The summed E-state index contributed by atoms with van der Waals surface area (Å²) >= 11 is 0. The fourth-order valence-electron chi connectivity index (χ4n) is 1.93. The number of amides is 1. The van der Waals surface area contributed by atoms with Crippen LogP contribution < -0.4 is 0 Å². The summed E-state index contributed by atoms with van der Waals surface area (Å²) in [5, 5.41) is 0.850. The van der Waals surface area contributed by atoms with E-state index in [2.05, 4.69) is 4.98 Å². The van der Waals surface area contributed by atoms with Crippen LogP contribution in [0.25, 0.3) is 10.9 Å². The van der Waals surface area contributed by atoms with Crippen LogP contribution in [0.15, 0.2) is 30.5 Å². The minimum atomic E-state index is -0.404. The molecule has 2 rings (SSSR count). The summed E-state index contributed by atoms with van der Waals surface area (Å²) in [7, 11) is 1.58. The standard InChI is InChI=1S/C14H16N2O3/c1-3-19-13(17)9-16(2)14(18)11-8-15-12-7-5-4-6-10(11)12/h4-8,15H,3,9H2,1-2H3. The van der Waals surface area contributed by atoms with Crippen LogP contribution in [0, 0.1) is 0 Å². The maximum Gasteiger partial charge on any atom is 0.325 e. The number of H-pyrrole nitrogens is 1. The number of nitrogens with one attached hydrogen (secondary N) is 1. The number of benzene rings is 1. The Labute approximate surface area is 111 Å². The van der Waals surface area contributed by atoms with Gasteiger partial charge in [0.05, 0.1) is 12.2 Å². The predicted molar refractivity (Wildman–Crippen MR) is 71.9 cm³/mol. The molecule has 1 N–H and O–H groups in total. The average molecular weight is 260 g/mol. The highest BCUT2D eigenvalue weighted by Crippen LogP contribution is 2.18. The molecule has 0 saturated heterocycles. The zero-order valence-electron chi connectivity index (χ0n) is 11.0. The maximum absolute atomic E-state index is 12.3. The lowest BCUT2D eigenvalue weighted by Gasteiger charge is -2.15. The summed E-state index contributed by atoms with van der Waals surface area (Å²) in [6.45, 7) is 2.00. The molecular weight excluding hydrogens is 244 g/mol. The van der Waals surface area contributed by atoms with Gasteiger partial charge in [0, 0.05) is 24.1 Å². The van der Waals surface area contributed by atoms with Crippen molar-refractivity contribution < 1.29 is 14.3 Å².